The molecule has 20 heavy (non-hydrogen) atoms. The Bertz CT molecular complexity index is 412. The summed E-state index contributed by atoms with van der Waals surface area (Å²) in [6, 6.07) is 10.1. The lowest BCUT2D eigenvalue weighted by Crippen LogP contribution is -2.42. The minimum absolute atomic E-state index is 0.0665. The van der Waals surface area contributed by atoms with Crippen LogP contribution in [0.3, 0.4) is 0 Å². The van der Waals surface area contributed by atoms with Crippen LogP contribution in [0.1, 0.15) is 50.5 Å². The average Bonchev–Trinajstić information content (AvgIpc) is 2.50. The highest BCUT2D eigenvalue weighted by molar-refractivity contribution is 5.84. The highest BCUT2D eigenvalue weighted by atomic mass is 16.1. The van der Waals surface area contributed by atoms with Gasteiger partial charge in [0.2, 0.25) is 5.91 Å². The van der Waals surface area contributed by atoms with E-state index in [0.29, 0.717) is 12.5 Å². The van der Waals surface area contributed by atoms with Gasteiger partial charge in [0.1, 0.15) is 0 Å². The lowest BCUT2D eigenvalue weighted by Gasteiger charge is -2.29. The van der Waals surface area contributed by atoms with Crippen molar-refractivity contribution >= 4 is 5.91 Å². The molecule has 0 saturated heterocycles. The molecule has 3 N–H and O–H groups in total. The Morgan fingerprint density at radius 2 is 1.90 bits per heavy atom. The molecule has 3 heteroatoms. The maximum absolute atomic E-state index is 12.4. The van der Waals surface area contributed by atoms with Crippen LogP contribution in [0.15, 0.2) is 30.3 Å². The van der Waals surface area contributed by atoms with Gasteiger partial charge in [-0.1, -0.05) is 49.6 Å². The van der Waals surface area contributed by atoms with E-state index >= 15 is 0 Å². The topological polar surface area (TPSA) is 55.1 Å². The molecule has 0 aromatic heterocycles. The molecule has 0 radical (unpaired) electrons. The molecule has 1 saturated carbocycles. The summed E-state index contributed by atoms with van der Waals surface area (Å²) in [5.41, 5.74) is 6.80. The third-order valence-electron chi connectivity index (χ3n) is 4.48. The second-order valence-electron chi connectivity index (χ2n) is 5.89. The van der Waals surface area contributed by atoms with Crippen molar-refractivity contribution in [2.45, 2.75) is 51.0 Å². The number of nitrogens with two attached hydrogens (primary N) is 1. The van der Waals surface area contributed by atoms with E-state index in [1.165, 1.54) is 32.1 Å². The monoisotopic (exact) mass is 274 g/mol. The molecule has 3 nitrogen and oxygen atoms in total. The standard InChI is InChI=1S/C17H26N2O/c1-13(14-8-4-2-5-9-14)19-17(20)16(12-18)15-10-6-3-7-11-15/h3,6-7,10-11,13-14,16H,2,4-5,8-9,12,18H2,1H3,(H,19,20)/t13-,16?/m1/s1. The van der Waals surface area contributed by atoms with Gasteiger partial charge in [0, 0.05) is 12.6 Å². The molecule has 2 atom stereocenters. The summed E-state index contributed by atoms with van der Waals surface area (Å²) in [7, 11) is 0. The van der Waals surface area contributed by atoms with E-state index in [9.17, 15) is 4.79 Å². The van der Waals surface area contributed by atoms with Gasteiger partial charge in [-0.25, -0.2) is 0 Å². The van der Waals surface area contributed by atoms with Crippen LogP contribution in [-0.2, 0) is 4.79 Å². The third-order valence-corrected chi connectivity index (χ3v) is 4.48. The van der Waals surface area contributed by atoms with Crippen molar-refractivity contribution in [1.82, 2.24) is 5.32 Å². The number of carbonyl (C=O) groups excluding carboxylic acids is 1. The van der Waals surface area contributed by atoms with Crippen molar-refractivity contribution in [2.75, 3.05) is 6.54 Å². The highest BCUT2D eigenvalue weighted by Crippen LogP contribution is 2.26. The van der Waals surface area contributed by atoms with Gasteiger partial charge >= 0.3 is 0 Å². The van der Waals surface area contributed by atoms with Gasteiger partial charge in [-0.15, -0.1) is 0 Å². The molecule has 0 heterocycles. The Labute approximate surface area is 121 Å². The number of hydrogen-bond acceptors (Lipinski definition) is 2. The Morgan fingerprint density at radius 1 is 1.25 bits per heavy atom. The number of nitrogens with one attached hydrogen (secondary N) is 1. The number of benzene rings is 1. The maximum Gasteiger partial charge on any atom is 0.229 e. The van der Waals surface area contributed by atoms with Crippen LogP contribution in [0.2, 0.25) is 0 Å². The van der Waals surface area contributed by atoms with Crippen LogP contribution in [0.5, 0.6) is 0 Å². The molecule has 1 aromatic rings. The van der Waals surface area contributed by atoms with E-state index in [1.54, 1.807) is 0 Å². The molecule has 1 aromatic carbocycles. The van der Waals surface area contributed by atoms with Crippen molar-refractivity contribution in [3.63, 3.8) is 0 Å². The SMILES string of the molecule is C[C@@H](NC(=O)C(CN)c1ccccc1)C1CCCCC1. The van der Waals surface area contributed by atoms with Gasteiger partial charge in [0.25, 0.3) is 0 Å². The smallest absolute Gasteiger partial charge is 0.229 e. The fourth-order valence-electron chi connectivity index (χ4n) is 3.16. The highest BCUT2D eigenvalue weighted by Gasteiger charge is 2.25. The van der Waals surface area contributed by atoms with Gasteiger partial charge < -0.3 is 11.1 Å². The summed E-state index contributed by atoms with van der Waals surface area (Å²) in [5, 5.41) is 3.18. The summed E-state index contributed by atoms with van der Waals surface area (Å²) in [6.45, 7) is 2.49. The number of rotatable bonds is 5. The molecule has 2 rings (SSSR count). The summed E-state index contributed by atoms with van der Waals surface area (Å²) in [6.07, 6.45) is 6.40. The van der Waals surface area contributed by atoms with E-state index < -0.39 is 0 Å². The molecule has 1 amide bonds. The number of carbonyl (C=O) groups is 1. The molecule has 0 aliphatic heterocycles. The minimum atomic E-state index is -0.234. The van der Waals surface area contributed by atoms with Crippen molar-refractivity contribution < 1.29 is 4.79 Å². The zero-order valence-corrected chi connectivity index (χ0v) is 12.3. The largest absolute Gasteiger partial charge is 0.353 e. The molecule has 0 spiro atoms. The van der Waals surface area contributed by atoms with Crippen LogP contribution in [0, 0.1) is 5.92 Å². The lowest BCUT2D eigenvalue weighted by atomic mass is 9.84. The quantitative estimate of drug-likeness (QED) is 0.867. The summed E-state index contributed by atoms with van der Waals surface area (Å²) in [5.74, 6) is 0.459. The number of hydrogen-bond donors (Lipinski definition) is 2. The first-order valence-electron chi connectivity index (χ1n) is 7.77. The van der Waals surface area contributed by atoms with Gasteiger partial charge in [0.05, 0.1) is 5.92 Å². The minimum Gasteiger partial charge on any atom is -0.353 e. The predicted octanol–water partition coefficient (Wildman–Crippen LogP) is 2.81. The lowest BCUT2D eigenvalue weighted by molar-refractivity contribution is -0.123. The molecule has 1 unspecified atom stereocenters. The van der Waals surface area contributed by atoms with E-state index in [4.69, 9.17) is 5.73 Å². The second-order valence-corrected chi connectivity index (χ2v) is 5.89. The molecule has 0 bridgehead atoms. The second kappa shape index (κ2) is 7.44. The maximum atomic E-state index is 12.4. The van der Waals surface area contributed by atoms with Gasteiger partial charge in [0.15, 0.2) is 0 Å². The third kappa shape index (κ3) is 3.83. The molecule has 1 fully saturated rings. The van der Waals surface area contributed by atoms with Crippen molar-refractivity contribution in [2.24, 2.45) is 11.7 Å². The summed E-state index contributed by atoms with van der Waals surface area (Å²) in [4.78, 5) is 12.4. The van der Waals surface area contributed by atoms with Crippen molar-refractivity contribution in [3.8, 4) is 0 Å². The Morgan fingerprint density at radius 3 is 2.50 bits per heavy atom. The Kier molecular flexibility index (Phi) is 5.60. The summed E-state index contributed by atoms with van der Waals surface area (Å²) >= 11 is 0. The van der Waals surface area contributed by atoms with Crippen LogP contribution < -0.4 is 11.1 Å². The van der Waals surface area contributed by atoms with Gasteiger partial charge in [-0.2, -0.15) is 0 Å². The van der Waals surface area contributed by atoms with Crippen molar-refractivity contribution in [3.05, 3.63) is 35.9 Å². The molecule has 1 aliphatic rings. The molecule has 1 aliphatic carbocycles. The number of amides is 1. The normalized spacial score (nSPS) is 19.3. The molecular formula is C17H26N2O. The Balaban J connectivity index is 1.95. The van der Waals surface area contributed by atoms with E-state index in [1.807, 2.05) is 30.3 Å². The fourth-order valence-corrected chi connectivity index (χ4v) is 3.16. The first kappa shape index (κ1) is 15.0. The van der Waals surface area contributed by atoms with Crippen LogP contribution in [0.25, 0.3) is 0 Å². The van der Waals surface area contributed by atoms with Crippen LogP contribution in [-0.4, -0.2) is 18.5 Å². The first-order chi connectivity index (χ1) is 9.72. The van der Waals surface area contributed by atoms with Crippen LogP contribution in [0.4, 0.5) is 0 Å². The van der Waals surface area contributed by atoms with E-state index in [0.717, 1.165) is 5.56 Å². The van der Waals surface area contributed by atoms with Gasteiger partial charge in [-0.3, -0.25) is 4.79 Å². The predicted molar refractivity (Wildman–Crippen MR) is 82.4 cm³/mol. The van der Waals surface area contributed by atoms with E-state index in [2.05, 4.69) is 12.2 Å². The fraction of sp³-hybridized carbons (Fsp3) is 0.588. The first-order valence-corrected chi connectivity index (χ1v) is 7.77. The van der Waals surface area contributed by atoms with E-state index in [-0.39, 0.29) is 17.9 Å². The van der Waals surface area contributed by atoms with Gasteiger partial charge in [-0.05, 0) is 31.2 Å². The summed E-state index contributed by atoms with van der Waals surface area (Å²) < 4.78 is 0. The Hall–Kier alpha value is -1.35. The molecular weight excluding hydrogens is 248 g/mol. The molecule has 110 valence electrons. The zero-order valence-electron chi connectivity index (χ0n) is 12.3. The average molecular weight is 274 g/mol. The zero-order chi connectivity index (χ0) is 14.4. The van der Waals surface area contributed by atoms with Crippen LogP contribution >= 0.6 is 0 Å². The van der Waals surface area contributed by atoms with Crippen molar-refractivity contribution in [1.29, 1.82) is 0 Å².